The normalized spacial score (nSPS) is 30.6. The second kappa shape index (κ2) is 4.77. The summed E-state index contributed by atoms with van der Waals surface area (Å²) in [6, 6.07) is 9.75. The molecule has 3 rings (SSSR count). The van der Waals surface area contributed by atoms with Crippen molar-refractivity contribution >= 4 is 5.69 Å². The molecule has 1 aromatic carbocycles. The lowest BCUT2D eigenvalue weighted by Gasteiger charge is -2.38. The maximum Gasteiger partial charge on any atom is 0.0401 e. The van der Waals surface area contributed by atoms with Crippen LogP contribution in [0.25, 0.3) is 0 Å². The van der Waals surface area contributed by atoms with Crippen LogP contribution in [0.3, 0.4) is 0 Å². The van der Waals surface area contributed by atoms with Crippen LogP contribution in [0.1, 0.15) is 25.3 Å². The Morgan fingerprint density at radius 2 is 2.11 bits per heavy atom. The van der Waals surface area contributed by atoms with Crippen LogP contribution in [0.15, 0.2) is 36.4 Å². The Bertz CT molecular complexity index is 452. The van der Waals surface area contributed by atoms with Crippen molar-refractivity contribution in [3.8, 4) is 0 Å². The Labute approximate surface area is 109 Å². The molecular formula is C16H22N2. The van der Waals surface area contributed by atoms with Gasteiger partial charge >= 0.3 is 0 Å². The highest BCUT2D eigenvalue weighted by atomic mass is 15.2. The van der Waals surface area contributed by atoms with E-state index in [-0.39, 0.29) is 6.04 Å². The van der Waals surface area contributed by atoms with Gasteiger partial charge in [0.2, 0.25) is 0 Å². The van der Waals surface area contributed by atoms with Gasteiger partial charge in [-0.1, -0.05) is 30.4 Å². The third-order valence-electron chi connectivity index (χ3n) is 4.30. The highest BCUT2D eigenvalue weighted by Gasteiger charge is 2.26. The van der Waals surface area contributed by atoms with E-state index in [4.69, 9.17) is 5.73 Å². The molecule has 0 saturated carbocycles. The predicted molar refractivity (Wildman–Crippen MR) is 76.8 cm³/mol. The number of nitrogens with zero attached hydrogens (tertiary/aromatic N) is 1. The van der Waals surface area contributed by atoms with Crippen molar-refractivity contribution in [3.05, 3.63) is 42.0 Å². The van der Waals surface area contributed by atoms with Crippen LogP contribution >= 0.6 is 0 Å². The highest BCUT2D eigenvalue weighted by molar-refractivity contribution is 5.56. The number of benzene rings is 1. The minimum absolute atomic E-state index is 0.269. The average Bonchev–Trinajstić information content (AvgIpc) is 2.79. The molecule has 0 fully saturated rings. The summed E-state index contributed by atoms with van der Waals surface area (Å²) in [4.78, 5) is 2.58. The number of aryl methyl sites for hydroxylation is 1. The summed E-state index contributed by atoms with van der Waals surface area (Å²) in [5.41, 5.74) is 8.89. The van der Waals surface area contributed by atoms with E-state index in [2.05, 4.69) is 48.2 Å². The largest absolute Gasteiger partial charge is 0.368 e. The monoisotopic (exact) mass is 242 g/mol. The van der Waals surface area contributed by atoms with Crippen molar-refractivity contribution in [1.29, 1.82) is 0 Å². The minimum atomic E-state index is 0.269. The number of hydrogen-bond donors (Lipinski definition) is 1. The molecule has 1 heterocycles. The van der Waals surface area contributed by atoms with Gasteiger partial charge in [0.25, 0.3) is 0 Å². The lowest BCUT2D eigenvalue weighted by molar-refractivity contribution is 0.500. The lowest BCUT2D eigenvalue weighted by Crippen LogP contribution is -2.40. The van der Waals surface area contributed by atoms with E-state index < -0.39 is 0 Å². The van der Waals surface area contributed by atoms with Crippen molar-refractivity contribution in [1.82, 2.24) is 0 Å². The summed E-state index contributed by atoms with van der Waals surface area (Å²) in [6.07, 6.45) is 8.04. The van der Waals surface area contributed by atoms with Gasteiger partial charge in [0.1, 0.15) is 0 Å². The van der Waals surface area contributed by atoms with Gasteiger partial charge in [-0.3, -0.25) is 0 Å². The van der Waals surface area contributed by atoms with Crippen LogP contribution in [0, 0.1) is 5.92 Å². The topological polar surface area (TPSA) is 29.3 Å². The van der Waals surface area contributed by atoms with E-state index in [0.717, 1.165) is 13.0 Å². The lowest BCUT2D eigenvalue weighted by atomic mass is 9.95. The third-order valence-corrected chi connectivity index (χ3v) is 4.30. The fourth-order valence-electron chi connectivity index (χ4n) is 3.23. The van der Waals surface area contributed by atoms with Gasteiger partial charge in [-0.25, -0.2) is 0 Å². The van der Waals surface area contributed by atoms with E-state index in [0.29, 0.717) is 12.0 Å². The number of fused-ring (bicyclic) bond motifs is 1. The molecule has 3 unspecified atom stereocenters. The first-order valence-electron chi connectivity index (χ1n) is 7.02. The molecule has 0 spiro atoms. The molecule has 2 nitrogen and oxygen atoms in total. The molecule has 0 aromatic heterocycles. The SMILES string of the molecule is CC1CCc2ccccc2N1CC1C=CC(N)C1. The Morgan fingerprint density at radius 1 is 1.28 bits per heavy atom. The first-order valence-corrected chi connectivity index (χ1v) is 7.02. The smallest absolute Gasteiger partial charge is 0.0401 e. The van der Waals surface area contributed by atoms with E-state index in [1.54, 1.807) is 0 Å². The molecule has 18 heavy (non-hydrogen) atoms. The van der Waals surface area contributed by atoms with Gasteiger partial charge in [-0.15, -0.1) is 0 Å². The van der Waals surface area contributed by atoms with E-state index in [1.807, 2.05) is 0 Å². The van der Waals surface area contributed by atoms with Crippen molar-refractivity contribution < 1.29 is 0 Å². The van der Waals surface area contributed by atoms with Crippen molar-refractivity contribution in [2.45, 2.75) is 38.3 Å². The first-order chi connectivity index (χ1) is 8.74. The number of nitrogens with two attached hydrogens (primary N) is 1. The molecule has 0 saturated heterocycles. The molecule has 0 amide bonds. The standard InChI is InChI=1S/C16H22N2/c1-12-6-8-14-4-2-3-5-16(14)18(12)11-13-7-9-15(17)10-13/h2-5,7,9,12-13,15H,6,8,10-11,17H2,1H3. The van der Waals surface area contributed by atoms with Crippen molar-refractivity contribution in [2.24, 2.45) is 11.7 Å². The molecule has 2 aliphatic rings. The molecule has 1 aromatic rings. The molecule has 3 atom stereocenters. The zero-order chi connectivity index (χ0) is 12.5. The molecular weight excluding hydrogens is 220 g/mol. The summed E-state index contributed by atoms with van der Waals surface area (Å²) in [6.45, 7) is 3.46. The molecule has 0 radical (unpaired) electrons. The van der Waals surface area contributed by atoms with Crippen LogP contribution in [-0.2, 0) is 6.42 Å². The summed E-state index contributed by atoms with van der Waals surface area (Å²) in [7, 11) is 0. The van der Waals surface area contributed by atoms with Gasteiger partial charge in [0.15, 0.2) is 0 Å². The van der Waals surface area contributed by atoms with Crippen LogP contribution in [0.5, 0.6) is 0 Å². The Kier molecular flexibility index (Phi) is 3.13. The number of anilines is 1. The van der Waals surface area contributed by atoms with E-state index >= 15 is 0 Å². The fraction of sp³-hybridized carbons (Fsp3) is 0.500. The summed E-state index contributed by atoms with van der Waals surface area (Å²) >= 11 is 0. The minimum Gasteiger partial charge on any atom is -0.368 e. The van der Waals surface area contributed by atoms with Gasteiger partial charge in [-0.05, 0) is 43.7 Å². The molecule has 1 aliphatic carbocycles. The second-order valence-electron chi connectivity index (χ2n) is 5.71. The first kappa shape index (κ1) is 11.8. The fourth-order valence-corrected chi connectivity index (χ4v) is 3.23. The van der Waals surface area contributed by atoms with Crippen molar-refractivity contribution in [2.75, 3.05) is 11.4 Å². The number of para-hydroxylation sites is 1. The summed E-state index contributed by atoms with van der Waals surface area (Å²) in [5.74, 6) is 0.619. The second-order valence-corrected chi connectivity index (χ2v) is 5.71. The highest BCUT2D eigenvalue weighted by Crippen LogP contribution is 2.32. The zero-order valence-corrected chi connectivity index (χ0v) is 11.0. The van der Waals surface area contributed by atoms with Crippen LogP contribution in [0.2, 0.25) is 0 Å². The molecule has 0 bridgehead atoms. The average molecular weight is 242 g/mol. The quantitative estimate of drug-likeness (QED) is 0.808. The Morgan fingerprint density at radius 3 is 2.89 bits per heavy atom. The van der Waals surface area contributed by atoms with Crippen LogP contribution < -0.4 is 10.6 Å². The van der Waals surface area contributed by atoms with Gasteiger partial charge in [-0.2, -0.15) is 0 Å². The molecule has 1 aliphatic heterocycles. The van der Waals surface area contributed by atoms with E-state index in [1.165, 1.54) is 24.1 Å². The van der Waals surface area contributed by atoms with Gasteiger partial charge < -0.3 is 10.6 Å². The number of hydrogen-bond acceptors (Lipinski definition) is 2. The van der Waals surface area contributed by atoms with Gasteiger partial charge in [0, 0.05) is 24.3 Å². The van der Waals surface area contributed by atoms with E-state index in [9.17, 15) is 0 Å². The predicted octanol–water partition coefficient (Wildman–Crippen LogP) is 2.73. The maximum atomic E-state index is 5.95. The Balaban J connectivity index is 1.80. The summed E-state index contributed by atoms with van der Waals surface area (Å²) in [5, 5.41) is 0. The van der Waals surface area contributed by atoms with Crippen LogP contribution in [0.4, 0.5) is 5.69 Å². The molecule has 2 N–H and O–H groups in total. The molecule has 96 valence electrons. The maximum absolute atomic E-state index is 5.95. The zero-order valence-electron chi connectivity index (χ0n) is 11.0. The van der Waals surface area contributed by atoms with Crippen LogP contribution in [-0.4, -0.2) is 18.6 Å². The van der Waals surface area contributed by atoms with Gasteiger partial charge in [0.05, 0.1) is 0 Å². The summed E-state index contributed by atoms with van der Waals surface area (Å²) < 4.78 is 0. The number of rotatable bonds is 2. The van der Waals surface area contributed by atoms with Crippen molar-refractivity contribution in [3.63, 3.8) is 0 Å². The third kappa shape index (κ3) is 2.17. The molecule has 2 heteroatoms. The Hall–Kier alpha value is -1.28.